The number of pyridine rings is 2. The maximum Gasteiger partial charge on any atom is 0.0798 e. The number of aryl methyl sites for hydroxylation is 2. The summed E-state index contributed by atoms with van der Waals surface area (Å²) in [6, 6.07) is 39.5. The normalized spacial score (nSPS) is 13.5. The van der Waals surface area contributed by atoms with Crippen molar-refractivity contribution in [2.45, 2.75) is 98.7 Å². The average Bonchev–Trinajstić information content (AvgIpc) is 3.84. The van der Waals surface area contributed by atoms with Gasteiger partial charge in [-0.2, -0.15) is 11.3 Å². The first-order valence-electron chi connectivity index (χ1n) is 20.2. The minimum atomic E-state index is -1.34. The molecule has 1 aliphatic rings. The van der Waals surface area contributed by atoms with Crippen LogP contribution in [0.15, 0.2) is 103 Å². The Bertz CT molecular complexity index is 2410. The SMILES string of the molecule is CC(C)Cc1cc(-c2[c-]cccc2)ncc1[Si](C)(C)C.Cc1cccc(C)c1-c1ccc2c(c1)sc1c(-c3cc(C(C)(C)C4CCCC4)ccn3)[c-]ccc12.[Ir]. The van der Waals surface area contributed by atoms with E-state index in [0.717, 1.165) is 34.9 Å². The second kappa shape index (κ2) is 17.4. The summed E-state index contributed by atoms with van der Waals surface area (Å²) < 4.78 is 2.60. The molecule has 0 spiro atoms. The molecule has 56 heavy (non-hydrogen) atoms. The van der Waals surface area contributed by atoms with Crippen LogP contribution < -0.4 is 5.19 Å². The minimum Gasteiger partial charge on any atom is -0.305 e. The van der Waals surface area contributed by atoms with Crippen molar-refractivity contribution in [1.82, 2.24) is 9.97 Å². The van der Waals surface area contributed by atoms with Gasteiger partial charge in [-0.3, -0.25) is 0 Å². The maximum atomic E-state index is 4.83. The predicted octanol–water partition coefficient (Wildman–Crippen LogP) is 14.0. The van der Waals surface area contributed by atoms with Crippen LogP contribution in [-0.2, 0) is 31.9 Å². The molecule has 4 aromatic carbocycles. The first-order chi connectivity index (χ1) is 26.3. The molecule has 2 nitrogen and oxygen atoms in total. The summed E-state index contributed by atoms with van der Waals surface area (Å²) in [5.74, 6) is 1.42. The van der Waals surface area contributed by atoms with Gasteiger partial charge in [0.15, 0.2) is 0 Å². The van der Waals surface area contributed by atoms with Crippen LogP contribution in [0.1, 0.15) is 75.6 Å². The Morgan fingerprint density at radius 2 is 1.55 bits per heavy atom. The molecule has 8 rings (SSSR count). The first kappa shape index (κ1) is 41.9. The van der Waals surface area contributed by atoms with Crippen LogP contribution in [0.25, 0.3) is 53.8 Å². The Morgan fingerprint density at radius 1 is 0.804 bits per heavy atom. The van der Waals surface area contributed by atoms with Gasteiger partial charge in [0.1, 0.15) is 0 Å². The number of nitrogens with zero attached hydrogens (tertiary/aromatic N) is 2. The number of benzene rings is 4. The van der Waals surface area contributed by atoms with Gasteiger partial charge in [-0.1, -0.05) is 114 Å². The fourth-order valence-corrected chi connectivity index (χ4v) is 11.5. The van der Waals surface area contributed by atoms with Crippen LogP contribution in [0.3, 0.4) is 0 Å². The van der Waals surface area contributed by atoms with Crippen molar-refractivity contribution in [3.8, 4) is 33.6 Å². The quantitative estimate of drug-likeness (QED) is 0.112. The topological polar surface area (TPSA) is 25.8 Å². The number of rotatable bonds is 8. The maximum absolute atomic E-state index is 4.83. The molecular formula is C51H56IrN2SSi-2. The van der Waals surface area contributed by atoms with E-state index < -0.39 is 8.07 Å². The average molecular weight is 949 g/mol. The van der Waals surface area contributed by atoms with E-state index in [-0.39, 0.29) is 25.5 Å². The zero-order valence-corrected chi connectivity index (χ0v) is 38.9. The van der Waals surface area contributed by atoms with Gasteiger partial charge in [-0.15, -0.1) is 59.7 Å². The van der Waals surface area contributed by atoms with E-state index in [1.54, 1.807) is 0 Å². The van der Waals surface area contributed by atoms with Crippen molar-refractivity contribution in [2.75, 3.05) is 0 Å². The van der Waals surface area contributed by atoms with Gasteiger partial charge in [-0.25, -0.2) is 0 Å². The molecule has 0 aliphatic heterocycles. The summed E-state index contributed by atoms with van der Waals surface area (Å²) in [6.45, 7) is 21.0. The Hall–Kier alpha value is -3.73. The monoisotopic (exact) mass is 949 g/mol. The Labute approximate surface area is 354 Å². The number of aromatic nitrogens is 2. The first-order valence-corrected chi connectivity index (χ1v) is 24.5. The van der Waals surface area contributed by atoms with Gasteiger partial charge in [0.2, 0.25) is 0 Å². The summed E-state index contributed by atoms with van der Waals surface area (Å²) in [4.78, 5) is 9.52. The fraction of sp³-hybridized carbons (Fsp3) is 0.333. The van der Waals surface area contributed by atoms with Gasteiger partial charge < -0.3 is 9.97 Å². The standard InChI is InChI=1S/C33H32NS.C18H24NSi.Ir/c1-21-9-7-10-22(2)31(21)23-15-16-26-27-13-8-14-28(32(27)35-30(26)19-23)29-20-25(17-18-34-29)33(3,4)24-11-5-6-12-24;1-14(2)11-16-12-17(15-9-7-6-8-10-15)19-13-18(16)20(3,4)5;/h7-10,13,15-20,24H,5-6,11-12H2,1-4H3;6-9,12-14H,11H2,1-5H3;/q2*-1;. The predicted molar refractivity (Wildman–Crippen MR) is 241 cm³/mol. The summed E-state index contributed by atoms with van der Waals surface area (Å²) in [5.41, 5.74) is 12.6. The van der Waals surface area contributed by atoms with Gasteiger partial charge in [0.25, 0.3) is 0 Å². The van der Waals surface area contributed by atoms with E-state index in [2.05, 4.69) is 157 Å². The molecule has 0 saturated heterocycles. The number of thiophene rings is 1. The minimum absolute atomic E-state index is 0. The summed E-state index contributed by atoms with van der Waals surface area (Å²) in [5, 5.41) is 4.11. The van der Waals surface area contributed by atoms with Crippen molar-refractivity contribution in [2.24, 2.45) is 11.8 Å². The molecule has 0 atom stereocenters. The molecule has 7 aromatic rings. The molecule has 3 heterocycles. The third-order valence-corrected chi connectivity index (χ3v) is 15.0. The van der Waals surface area contributed by atoms with Gasteiger partial charge in [-0.05, 0) is 117 Å². The van der Waals surface area contributed by atoms with Crippen LogP contribution in [0, 0.1) is 37.8 Å². The van der Waals surface area contributed by atoms with Gasteiger partial charge >= 0.3 is 0 Å². The number of hydrogen-bond donors (Lipinski definition) is 0. The molecule has 0 N–H and O–H groups in total. The molecular weight excluding hydrogens is 893 g/mol. The van der Waals surface area contributed by atoms with Crippen LogP contribution >= 0.6 is 11.3 Å². The molecule has 1 aliphatic carbocycles. The van der Waals surface area contributed by atoms with Crippen LogP contribution in [0.5, 0.6) is 0 Å². The summed E-state index contributed by atoms with van der Waals surface area (Å²) in [6.07, 6.45) is 10.6. The van der Waals surface area contributed by atoms with Gasteiger partial charge in [0.05, 0.1) is 8.07 Å². The van der Waals surface area contributed by atoms with Crippen LogP contribution in [0.4, 0.5) is 0 Å². The van der Waals surface area contributed by atoms with E-state index in [1.165, 1.54) is 84.4 Å². The molecule has 5 heteroatoms. The van der Waals surface area contributed by atoms with E-state index >= 15 is 0 Å². The van der Waals surface area contributed by atoms with E-state index in [0.29, 0.717) is 5.92 Å². The zero-order valence-electron chi connectivity index (χ0n) is 34.6. The molecule has 0 amide bonds. The second-order valence-corrected chi connectivity index (χ2v) is 23.7. The van der Waals surface area contributed by atoms with Crippen molar-refractivity contribution < 1.29 is 20.1 Å². The Morgan fingerprint density at radius 3 is 2.23 bits per heavy atom. The zero-order chi connectivity index (χ0) is 38.9. The van der Waals surface area contributed by atoms with Crippen LogP contribution in [-0.4, -0.2) is 18.0 Å². The largest absolute Gasteiger partial charge is 0.305 e. The van der Waals surface area contributed by atoms with Crippen LogP contribution in [0.2, 0.25) is 19.6 Å². The van der Waals surface area contributed by atoms with Crippen molar-refractivity contribution in [3.05, 3.63) is 138 Å². The number of fused-ring (bicyclic) bond motifs is 3. The third-order valence-electron chi connectivity index (χ3n) is 11.7. The fourth-order valence-electron chi connectivity index (χ4n) is 8.69. The van der Waals surface area contributed by atoms with E-state index in [9.17, 15) is 0 Å². The molecule has 291 valence electrons. The second-order valence-electron chi connectivity index (χ2n) is 17.7. The van der Waals surface area contributed by atoms with Gasteiger partial charge in [0, 0.05) is 37.2 Å². The van der Waals surface area contributed by atoms with E-state index in [1.807, 2.05) is 35.7 Å². The Balaban J connectivity index is 0.000000217. The van der Waals surface area contributed by atoms with Crippen molar-refractivity contribution >= 4 is 44.8 Å². The van der Waals surface area contributed by atoms with Crippen molar-refractivity contribution in [3.63, 3.8) is 0 Å². The number of hydrogen-bond acceptors (Lipinski definition) is 3. The molecule has 0 unspecified atom stereocenters. The molecule has 1 radical (unpaired) electrons. The molecule has 3 aromatic heterocycles. The van der Waals surface area contributed by atoms with Crippen molar-refractivity contribution in [1.29, 1.82) is 0 Å². The molecule has 0 bridgehead atoms. The smallest absolute Gasteiger partial charge is 0.0798 e. The third kappa shape index (κ3) is 8.87. The summed E-state index contributed by atoms with van der Waals surface area (Å²) in [7, 11) is -1.34. The Kier molecular flexibility index (Phi) is 13.0. The van der Waals surface area contributed by atoms with E-state index in [4.69, 9.17) is 4.98 Å². The molecule has 1 fully saturated rings. The molecule has 1 saturated carbocycles. The summed E-state index contributed by atoms with van der Waals surface area (Å²) >= 11 is 1.87.